The van der Waals surface area contributed by atoms with Crippen LogP contribution in [0.25, 0.3) is 11.1 Å². The molecule has 0 aliphatic heterocycles. The fourth-order valence-corrected chi connectivity index (χ4v) is 3.11. The molecule has 21 heavy (non-hydrogen) atoms. The summed E-state index contributed by atoms with van der Waals surface area (Å²) in [7, 11) is -4.50. The monoisotopic (exact) mass is 372 g/mol. The minimum absolute atomic E-state index is 0.153. The van der Waals surface area contributed by atoms with Crippen molar-refractivity contribution in [2.24, 2.45) is 0 Å². The molecule has 0 amide bonds. The number of nitro groups is 1. The Bertz CT molecular complexity index is 836. The first kappa shape index (κ1) is 15.4. The molecular formula is C12H9BrN2O5S. The Morgan fingerprint density at radius 2 is 1.90 bits per heavy atom. The normalized spacial score (nSPS) is 11.3. The number of benzene rings is 2. The first-order valence-electron chi connectivity index (χ1n) is 5.51. The molecule has 0 atom stereocenters. The number of anilines is 1. The van der Waals surface area contributed by atoms with Crippen LogP contribution in [0.2, 0.25) is 0 Å². The topological polar surface area (TPSA) is 124 Å². The van der Waals surface area contributed by atoms with Crippen LogP contribution in [0.4, 0.5) is 11.4 Å². The first-order chi connectivity index (χ1) is 9.70. The maximum absolute atomic E-state index is 11.3. The van der Waals surface area contributed by atoms with Crippen LogP contribution >= 0.6 is 15.9 Å². The lowest BCUT2D eigenvalue weighted by atomic mass is 10.0. The largest absolute Gasteiger partial charge is 0.397 e. The van der Waals surface area contributed by atoms with Gasteiger partial charge in [-0.3, -0.25) is 14.7 Å². The minimum Gasteiger partial charge on any atom is -0.397 e. The van der Waals surface area contributed by atoms with Gasteiger partial charge in [-0.15, -0.1) is 0 Å². The zero-order chi connectivity index (χ0) is 15.8. The van der Waals surface area contributed by atoms with Crippen LogP contribution in [0.3, 0.4) is 0 Å². The lowest BCUT2D eigenvalue weighted by Crippen LogP contribution is -2.05. The number of nitrogens with zero attached hydrogens (tertiary/aromatic N) is 1. The van der Waals surface area contributed by atoms with E-state index in [2.05, 4.69) is 15.9 Å². The second-order valence-corrected chi connectivity index (χ2v) is 6.45. The van der Waals surface area contributed by atoms with Crippen molar-refractivity contribution in [3.8, 4) is 11.1 Å². The fraction of sp³-hybridized carbons (Fsp3) is 0. The minimum atomic E-state index is -4.50. The molecule has 2 aromatic carbocycles. The highest BCUT2D eigenvalue weighted by molar-refractivity contribution is 9.10. The molecule has 9 heteroatoms. The van der Waals surface area contributed by atoms with Crippen LogP contribution in [-0.4, -0.2) is 17.9 Å². The number of hydrogen-bond acceptors (Lipinski definition) is 5. The molecule has 0 fully saturated rings. The Hall–Kier alpha value is -1.97. The molecule has 3 N–H and O–H groups in total. The molecule has 2 rings (SSSR count). The molecule has 0 spiro atoms. The van der Waals surface area contributed by atoms with E-state index in [0.717, 1.165) is 6.07 Å². The highest BCUT2D eigenvalue weighted by Gasteiger charge is 2.19. The van der Waals surface area contributed by atoms with E-state index in [-0.39, 0.29) is 16.9 Å². The summed E-state index contributed by atoms with van der Waals surface area (Å²) in [4.78, 5) is 9.76. The van der Waals surface area contributed by atoms with Gasteiger partial charge in [0, 0.05) is 22.2 Å². The van der Waals surface area contributed by atoms with E-state index in [1.54, 1.807) is 6.07 Å². The summed E-state index contributed by atoms with van der Waals surface area (Å²) in [5, 5.41) is 10.8. The lowest BCUT2D eigenvalue weighted by Gasteiger charge is -2.10. The summed E-state index contributed by atoms with van der Waals surface area (Å²) in [6.07, 6.45) is 0. The summed E-state index contributed by atoms with van der Waals surface area (Å²) >= 11 is 3.12. The standard InChI is InChI=1S/C12H9BrN2O5S/c13-8-5-10(12(14)11(6-8)21(18,19)20)7-2-1-3-9(4-7)15(16)17/h1-6H,14H2,(H,18,19,20). The summed E-state index contributed by atoms with van der Waals surface area (Å²) in [6, 6.07) is 8.27. The second kappa shape index (κ2) is 5.43. The summed E-state index contributed by atoms with van der Waals surface area (Å²) < 4.78 is 32.2. The third kappa shape index (κ3) is 3.20. The van der Waals surface area contributed by atoms with Crippen LogP contribution in [0, 0.1) is 10.1 Å². The van der Waals surface area contributed by atoms with Crippen molar-refractivity contribution in [1.29, 1.82) is 0 Å². The van der Waals surface area contributed by atoms with Crippen molar-refractivity contribution in [2.75, 3.05) is 5.73 Å². The van der Waals surface area contributed by atoms with Crippen molar-refractivity contribution in [3.05, 3.63) is 51.0 Å². The molecule has 0 aromatic heterocycles. The molecule has 0 saturated heterocycles. The second-order valence-electron chi connectivity index (χ2n) is 4.15. The average molecular weight is 373 g/mol. The van der Waals surface area contributed by atoms with Gasteiger partial charge in [0.2, 0.25) is 0 Å². The quantitative estimate of drug-likeness (QED) is 0.369. The van der Waals surface area contributed by atoms with E-state index < -0.39 is 19.9 Å². The maximum atomic E-state index is 11.3. The van der Waals surface area contributed by atoms with Crippen molar-refractivity contribution in [3.63, 3.8) is 0 Å². The molecule has 0 radical (unpaired) electrons. The Kier molecular flexibility index (Phi) is 3.99. The van der Waals surface area contributed by atoms with Gasteiger partial charge in [-0.25, -0.2) is 0 Å². The van der Waals surface area contributed by atoms with Gasteiger partial charge < -0.3 is 5.73 Å². The molecule has 2 aromatic rings. The molecule has 0 unspecified atom stereocenters. The molecule has 0 aliphatic rings. The van der Waals surface area contributed by atoms with E-state index in [9.17, 15) is 23.1 Å². The smallest absolute Gasteiger partial charge is 0.296 e. The molecule has 0 saturated carbocycles. The van der Waals surface area contributed by atoms with Gasteiger partial charge >= 0.3 is 0 Å². The number of halogens is 1. The fourth-order valence-electron chi connectivity index (χ4n) is 1.83. The number of nitrogen functional groups attached to an aromatic ring is 1. The van der Waals surface area contributed by atoms with Crippen LogP contribution in [0.5, 0.6) is 0 Å². The number of hydrogen-bond donors (Lipinski definition) is 2. The number of nitrogens with two attached hydrogens (primary N) is 1. The van der Waals surface area contributed by atoms with Gasteiger partial charge in [-0.05, 0) is 17.7 Å². The van der Waals surface area contributed by atoms with E-state index in [1.165, 1.54) is 24.3 Å². The van der Waals surface area contributed by atoms with Gasteiger partial charge in [0.15, 0.2) is 0 Å². The van der Waals surface area contributed by atoms with Crippen molar-refractivity contribution in [1.82, 2.24) is 0 Å². The summed E-state index contributed by atoms with van der Waals surface area (Å²) in [6.45, 7) is 0. The van der Waals surface area contributed by atoms with Gasteiger partial charge in [-0.1, -0.05) is 28.1 Å². The SMILES string of the molecule is Nc1c(-c2cccc([N+](=O)[O-])c2)cc(Br)cc1S(=O)(=O)O. The van der Waals surface area contributed by atoms with E-state index in [1.807, 2.05) is 0 Å². The predicted octanol–water partition coefficient (Wildman–Crippen LogP) is 2.85. The molecule has 0 aliphatic carbocycles. The summed E-state index contributed by atoms with van der Waals surface area (Å²) in [5.74, 6) is 0. The van der Waals surface area contributed by atoms with E-state index in [0.29, 0.717) is 10.0 Å². The van der Waals surface area contributed by atoms with Crippen LogP contribution < -0.4 is 5.73 Å². The van der Waals surface area contributed by atoms with Crippen LogP contribution in [0.1, 0.15) is 0 Å². The third-order valence-corrected chi connectivity index (χ3v) is 4.10. The third-order valence-electron chi connectivity index (χ3n) is 2.75. The lowest BCUT2D eigenvalue weighted by molar-refractivity contribution is -0.384. The van der Waals surface area contributed by atoms with E-state index in [4.69, 9.17) is 5.73 Å². The van der Waals surface area contributed by atoms with Gasteiger partial charge in [-0.2, -0.15) is 8.42 Å². The van der Waals surface area contributed by atoms with Gasteiger partial charge in [0.05, 0.1) is 10.6 Å². The number of non-ortho nitro benzene ring substituents is 1. The Morgan fingerprint density at radius 1 is 1.24 bits per heavy atom. The zero-order valence-electron chi connectivity index (χ0n) is 10.4. The number of nitro benzene ring substituents is 1. The highest BCUT2D eigenvalue weighted by atomic mass is 79.9. The Morgan fingerprint density at radius 3 is 2.48 bits per heavy atom. The molecule has 110 valence electrons. The average Bonchev–Trinajstić information content (AvgIpc) is 2.40. The zero-order valence-corrected chi connectivity index (χ0v) is 12.8. The highest BCUT2D eigenvalue weighted by Crippen LogP contribution is 2.35. The Balaban J connectivity index is 2.73. The van der Waals surface area contributed by atoms with E-state index >= 15 is 0 Å². The van der Waals surface area contributed by atoms with Crippen LogP contribution in [-0.2, 0) is 10.1 Å². The van der Waals surface area contributed by atoms with Crippen molar-refractivity contribution >= 4 is 37.4 Å². The predicted molar refractivity (Wildman–Crippen MR) is 80.5 cm³/mol. The maximum Gasteiger partial charge on any atom is 0.296 e. The van der Waals surface area contributed by atoms with Gasteiger partial charge in [0.1, 0.15) is 4.90 Å². The Labute approximate surface area is 128 Å². The molecule has 0 bridgehead atoms. The summed E-state index contributed by atoms with van der Waals surface area (Å²) in [5.41, 5.74) is 6.07. The van der Waals surface area contributed by atoms with Crippen molar-refractivity contribution in [2.45, 2.75) is 4.90 Å². The molecular weight excluding hydrogens is 364 g/mol. The van der Waals surface area contributed by atoms with Crippen molar-refractivity contribution < 1.29 is 17.9 Å². The first-order valence-corrected chi connectivity index (χ1v) is 7.75. The van der Waals surface area contributed by atoms with Gasteiger partial charge in [0.25, 0.3) is 15.8 Å². The number of rotatable bonds is 3. The van der Waals surface area contributed by atoms with Crippen LogP contribution in [0.15, 0.2) is 45.8 Å². The molecule has 7 nitrogen and oxygen atoms in total. The molecule has 0 heterocycles.